The molecule has 0 spiro atoms. The van der Waals surface area contributed by atoms with E-state index >= 15 is 0 Å². The highest BCUT2D eigenvalue weighted by molar-refractivity contribution is 14.1. The third kappa shape index (κ3) is 3.22. The van der Waals surface area contributed by atoms with E-state index in [4.69, 9.17) is 12.2 Å². The van der Waals surface area contributed by atoms with E-state index in [1.54, 1.807) is 0 Å². The average molecular weight is 502 g/mol. The van der Waals surface area contributed by atoms with Gasteiger partial charge in [0.05, 0.1) is 17.8 Å². The lowest BCUT2D eigenvalue weighted by molar-refractivity contribution is 0.564. The molecule has 3 heterocycles. The van der Waals surface area contributed by atoms with Gasteiger partial charge in [-0.15, -0.1) is 0 Å². The molecule has 2 N–H and O–H groups in total. The van der Waals surface area contributed by atoms with Crippen molar-refractivity contribution in [2.24, 2.45) is 0 Å². The average Bonchev–Trinajstić information content (AvgIpc) is 3.13. The zero-order chi connectivity index (χ0) is 20.0. The maximum atomic E-state index is 5.82. The molecule has 1 aliphatic heterocycles. The predicted octanol–water partition coefficient (Wildman–Crippen LogP) is 5.43. The van der Waals surface area contributed by atoms with Crippen LogP contribution in [0.25, 0.3) is 0 Å². The standard InChI is InChI=1S/C22H23IN4S/c1-12-8-9-16(11-13(12)2)27-21(18-14(3)25-15(4)19(18)23)20(26-22(27)28)17-7-5-6-10-24-17/h5-11,20-21,25H,1-4H3,(H,26,28)/t20-,21+/m0/s1. The van der Waals surface area contributed by atoms with Gasteiger partial charge in [-0.25, -0.2) is 0 Å². The number of hydrogen-bond acceptors (Lipinski definition) is 2. The SMILES string of the molecule is Cc1ccc(N2C(=S)N[C@@H](c3ccccn3)[C@H]2c2c(C)[nH]c(C)c2I)cc1C. The number of nitrogens with zero attached hydrogens (tertiary/aromatic N) is 2. The Morgan fingerprint density at radius 2 is 1.82 bits per heavy atom. The summed E-state index contributed by atoms with van der Waals surface area (Å²) in [6.07, 6.45) is 1.84. The molecule has 1 aromatic carbocycles. The molecular formula is C22H23IN4S. The van der Waals surface area contributed by atoms with Gasteiger partial charge in [0.15, 0.2) is 5.11 Å². The van der Waals surface area contributed by atoms with Gasteiger partial charge >= 0.3 is 0 Å². The molecule has 0 unspecified atom stereocenters. The minimum atomic E-state index is -0.0160. The van der Waals surface area contributed by atoms with Gasteiger partial charge in [0.2, 0.25) is 0 Å². The lowest BCUT2D eigenvalue weighted by Gasteiger charge is -2.29. The van der Waals surface area contributed by atoms with E-state index in [0.29, 0.717) is 0 Å². The zero-order valence-electron chi connectivity index (χ0n) is 16.4. The first-order valence-corrected chi connectivity index (χ1v) is 10.8. The van der Waals surface area contributed by atoms with Crippen LogP contribution >= 0.6 is 34.8 Å². The molecule has 6 heteroatoms. The minimum Gasteiger partial charge on any atom is -0.362 e. The molecule has 4 rings (SSSR count). The van der Waals surface area contributed by atoms with Crippen LogP contribution in [0.3, 0.4) is 0 Å². The van der Waals surface area contributed by atoms with Gasteiger partial charge in [0.25, 0.3) is 0 Å². The maximum Gasteiger partial charge on any atom is 0.174 e. The first-order valence-electron chi connectivity index (χ1n) is 9.31. The summed E-state index contributed by atoms with van der Waals surface area (Å²) in [5.41, 5.74) is 8.28. The number of H-pyrrole nitrogens is 1. The molecule has 0 bridgehead atoms. The first kappa shape index (κ1) is 19.4. The number of rotatable bonds is 3. The Bertz CT molecular complexity index is 1040. The van der Waals surface area contributed by atoms with Crippen LogP contribution in [0.15, 0.2) is 42.6 Å². The molecule has 2 aromatic heterocycles. The van der Waals surface area contributed by atoms with Gasteiger partial charge in [-0.2, -0.15) is 0 Å². The van der Waals surface area contributed by atoms with Crippen LogP contribution in [0.2, 0.25) is 0 Å². The number of thiocarbonyl (C=S) groups is 1. The fraction of sp³-hybridized carbons (Fsp3) is 0.273. The lowest BCUT2D eigenvalue weighted by atomic mass is 9.96. The normalized spacial score (nSPS) is 19.2. The molecule has 2 atom stereocenters. The molecule has 1 aliphatic rings. The Morgan fingerprint density at radius 1 is 1.04 bits per heavy atom. The van der Waals surface area contributed by atoms with Crippen LogP contribution < -0.4 is 10.2 Å². The summed E-state index contributed by atoms with van der Waals surface area (Å²) in [7, 11) is 0. The van der Waals surface area contributed by atoms with E-state index in [0.717, 1.165) is 16.5 Å². The molecular weight excluding hydrogens is 479 g/mol. The first-order chi connectivity index (χ1) is 13.4. The summed E-state index contributed by atoms with van der Waals surface area (Å²) in [4.78, 5) is 10.4. The van der Waals surface area contributed by atoms with Gasteiger partial charge in [-0.05, 0) is 97.9 Å². The number of aromatic amines is 1. The Morgan fingerprint density at radius 3 is 2.43 bits per heavy atom. The van der Waals surface area contributed by atoms with Gasteiger partial charge in [-0.3, -0.25) is 4.98 Å². The molecule has 3 aromatic rings. The van der Waals surface area contributed by atoms with Crippen LogP contribution in [0.5, 0.6) is 0 Å². The van der Waals surface area contributed by atoms with Gasteiger partial charge in [0.1, 0.15) is 0 Å². The Balaban J connectivity index is 1.91. The summed E-state index contributed by atoms with van der Waals surface area (Å²) >= 11 is 8.26. The summed E-state index contributed by atoms with van der Waals surface area (Å²) in [5.74, 6) is 0. The van der Waals surface area contributed by atoms with E-state index in [9.17, 15) is 0 Å². The van der Waals surface area contributed by atoms with E-state index in [1.807, 2.05) is 18.3 Å². The third-order valence-corrected chi connectivity index (χ3v) is 7.21. The Labute approximate surface area is 184 Å². The largest absolute Gasteiger partial charge is 0.362 e. The smallest absolute Gasteiger partial charge is 0.174 e. The van der Waals surface area contributed by atoms with Crippen LogP contribution in [0.1, 0.15) is 45.9 Å². The molecule has 1 fully saturated rings. The maximum absolute atomic E-state index is 5.82. The highest BCUT2D eigenvalue weighted by Gasteiger charge is 2.43. The summed E-state index contributed by atoms with van der Waals surface area (Å²) < 4.78 is 1.25. The van der Waals surface area contributed by atoms with Gasteiger partial charge in [0, 0.05) is 32.4 Å². The molecule has 1 saturated heterocycles. The molecule has 28 heavy (non-hydrogen) atoms. The fourth-order valence-electron chi connectivity index (χ4n) is 3.92. The molecule has 0 aliphatic carbocycles. The van der Waals surface area contributed by atoms with Crippen LogP contribution in [0.4, 0.5) is 5.69 Å². The monoisotopic (exact) mass is 502 g/mol. The number of aryl methyl sites for hydroxylation is 4. The second kappa shape index (κ2) is 7.48. The number of anilines is 1. The van der Waals surface area contributed by atoms with E-state index in [1.165, 1.54) is 31.6 Å². The van der Waals surface area contributed by atoms with E-state index < -0.39 is 0 Å². The Kier molecular flexibility index (Phi) is 5.18. The Hall–Kier alpha value is -1.93. The number of aromatic nitrogens is 2. The van der Waals surface area contributed by atoms with Gasteiger partial charge < -0.3 is 15.2 Å². The molecule has 0 radical (unpaired) electrons. The van der Waals surface area contributed by atoms with Crippen LogP contribution in [-0.2, 0) is 0 Å². The second-order valence-corrected chi connectivity index (χ2v) is 8.83. The van der Waals surface area contributed by atoms with Crippen molar-refractivity contribution < 1.29 is 0 Å². The topological polar surface area (TPSA) is 44.0 Å². The molecule has 144 valence electrons. The predicted molar refractivity (Wildman–Crippen MR) is 127 cm³/mol. The van der Waals surface area contributed by atoms with Crippen molar-refractivity contribution in [1.82, 2.24) is 15.3 Å². The lowest BCUT2D eigenvalue weighted by Crippen LogP contribution is -2.30. The van der Waals surface area contributed by atoms with Crippen molar-refractivity contribution >= 4 is 45.6 Å². The molecule has 4 nitrogen and oxygen atoms in total. The van der Waals surface area contributed by atoms with Crippen LogP contribution in [0, 0.1) is 31.3 Å². The van der Waals surface area contributed by atoms with Crippen LogP contribution in [-0.4, -0.2) is 15.1 Å². The number of benzene rings is 1. The number of pyridine rings is 1. The summed E-state index contributed by atoms with van der Waals surface area (Å²) in [5, 5.41) is 4.28. The van der Waals surface area contributed by atoms with Crippen molar-refractivity contribution in [2.75, 3.05) is 4.90 Å². The fourth-order valence-corrected chi connectivity index (χ4v) is 5.13. The zero-order valence-corrected chi connectivity index (χ0v) is 19.4. The highest BCUT2D eigenvalue weighted by Crippen LogP contribution is 2.44. The highest BCUT2D eigenvalue weighted by atomic mass is 127. The van der Waals surface area contributed by atoms with Gasteiger partial charge in [-0.1, -0.05) is 12.1 Å². The number of hydrogen-bond donors (Lipinski definition) is 2. The molecule has 0 saturated carbocycles. The number of halogens is 1. The van der Waals surface area contributed by atoms with Crippen molar-refractivity contribution in [3.8, 4) is 0 Å². The second-order valence-electron chi connectivity index (χ2n) is 7.37. The van der Waals surface area contributed by atoms with Crippen molar-refractivity contribution in [2.45, 2.75) is 39.8 Å². The summed E-state index contributed by atoms with van der Waals surface area (Å²) in [6.45, 7) is 8.54. The molecule has 0 amide bonds. The van der Waals surface area contributed by atoms with Crippen molar-refractivity contribution in [3.05, 3.63) is 79.9 Å². The van der Waals surface area contributed by atoms with Crippen molar-refractivity contribution in [1.29, 1.82) is 0 Å². The third-order valence-electron chi connectivity index (χ3n) is 5.51. The minimum absolute atomic E-state index is 0.0160. The van der Waals surface area contributed by atoms with E-state index in [-0.39, 0.29) is 12.1 Å². The van der Waals surface area contributed by atoms with Crippen molar-refractivity contribution in [3.63, 3.8) is 0 Å². The quantitative estimate of drug-likeness (QED) is 0.371. The number of nitrogens with one attached hydrogen (secondary N) is 2. The van der Waals surface area contributed by atoms with E-state index in [2.05, 4.69) is 94.7 Å². The summed E-state index contributed by atoms with van der Waals surface area (Å²) in [6, 6.07) is 12.6.